The second-order valence-electron chi connectivity index (χ2n) is 5.62. The average molecular weight is 349 g/mol. The lowest BCUT2D eigenvalue weighted by molar-refractivity contribution is -0.121. The van der Waals surface area contributed by atoms with E-state index in [1.54, 1.807) is 6.07 Å². The first-order valence-corrected chi connectivity index (χ1v) is 9.21. The Labute approximate surface area is 143 Å². The fourth-order valence-electron chi connectivity index (χ4n) is 2.74. The molecule has 0 aliphatic carbocycles. The molecule has 0 saturated carbocycles. The maximum atomic E-state index is 12.5. The molecule has 1 aromatic heterocycles. The third-order valence-electron chi connectivity index (χ3n) is 4.00. The highest BCUT2D eigenvalue weighted by Crippen LogP contribution is 2.25. The summed E-state index contributed by atoms with van der Waals surface area (Å²) in [5.41, 5.74) is 0.574. The molecule has 1 aliphatic rings. The molecule has 0 radical (unpaired) electrons. The number of nitrogens with zero attached hydrogens (tertiary/aromatic N) is 1. The van der Waals surface area contributed by atoms with Crippen molar-refractivity contribution in [2.75, 3.05) is 12.3 Å². The Kier molecular flexibility index (Phi) is 5.17. The quantitative estimate of drug-likeness (QED) is 0.814. The van der Waals surface area contributed by atoms with Crippen molar-refractivity contribution in [2.45, 2.75) is 31.1 Å². The molecule has 1 aliphatic heterocycles. The van der Waals surface area contributed by atoms with E-state index in [4.69, 9.17) is 12.2 Å². The second kappa shape index (κ2) is 7.31. The normalized spacial score (nSPS) is 17.5. The van der Waals surface area contributed by atoms with E-state index in [1.807, 2.05) is 30.0 Å². The lowest BCUT2D eigenvalue weighted by Crippen LogP contribution is -2.32. The van der Waals surface area contributed by atoms with Gasteiger partial charge in [0.25, 0.3) is 5.56 Å². The highest BCUT2D eigenvalue weighted by Gasteiger charge is 2.16. The molecule has 2 N–H and O–H groups in total. The van der Waals surface area contributed by atoms with Crippen molar-refractivity contribution >= 4 is 40.8 Å². The highest BCUT2D eigenvalue weighted by molar-refractivity contribution is 8.00. The molecule has 1 fully saturated rings. The van der Waals surface area contributed by atoms with E-state index in [0.29, 0.717) is 28.5 Å². The molecule has 1 amide bonds. The smallest absolute Gasteiger partial charge is 0.262 e. The third-order valence-corrected chi connectivity index (χ3v) is 5.72. The lowest BCUT2D eigenvalue weighted by atomic mass is 10.2. The average Bonchev–Trinajstić information content (AvgIpc) is 3.06. The van der Waals surface area contributed by atoms with Crippen LogP contribution in [0.4, 0.5) is 0 Å². The lowest BCUT2D eigenvalue weighted by Gasteiger charge is -2.11. The van der Waals surface area contributed by atoms with E-state index < -0.39 is 0 Å². The van der Waals surface area contributed by atoms with Crippen LogP contribution in [-0.2, 0) is 11.3 Å². The molecule has 3 rings (SSSR count). The van der Waals surface area contributed by atoms with Crippen LogP contribution in [0, 0.1) is 4.77 Å². The zero-order valence-corrected chi connectivity index (χ0v) is 14.3. The number of carbonyl (C=O) groups is 1. The molecule has 1 atom stereocenters. The van der Waals surface area contributed by atoms with Crippen LogP contribution in [0.25, 0.3) is 10.9 Å². The Bertz CT molecular complexity index is 822. The minimum atomic E-state index is -0.150. The summed E-state index contributed by atoms with van der Waals surface area (Å²) >= 11 is 7.16. The summed E-state index contributed by atoms with van der Waals surface area (Å²) in [6, 6.07) is 7.25. The minimum Gasteiger partial charge on any atom is -0.355 e. The summed E-state index contributed by atoms with van der Waals surface area (Å²) in [4.78, 5) is 27.5. The number of nitrogens with one attached hydrogen (secondary N) is 2. The zero-order valence-electron chi connectivity index (χ0n) is 12.7. The van der Waals surface area contributed by atoms with Crippen molar-refractivity contribution in [3.63, 3.8) is 0 Å². The number of aromatic amines is 1. The first kappa shape index (κ1) is 16.3. The fraction of sp³-hybridized carbons (Fsp3) is 0.438. The molecule has 2 aromatic rings. The van der Waals surface area contributed by atoms with Crippen LogP contribution in [0.5, 0.6) is 0 Å². The first-order valence-electron chi connectivity index (χ1n) is 7.75. The van der Waals surface area contributed by atoms with Crippen molar-refractivity contribution in [3.8, 4) is 0 Å². The maximum Gasteiger partial charge on any atom is 0.262 e. The van der Waals surface area contributed by atoms with Crippen molar-refractivity contribution < 1.29 is 4.79 Å². The van der Waals surface area contributed by atoms with Crippen molar-refractivity contribution in [2.24, 2.45) is 0 Å². The number of aromatic nitrogens is 2. The molecule has 122 valence electrons. The molecule has 1 aromatic carbocycles. The second-order valence-corrected chi connectivity index (χ2v) is 7.42. The standard InChI is InChI=1S/C16H19N3O2S2/c20-14(17-10-11-4-3-9-23-11)7-8-19-15(21)12-5-1-2-6-13(12)18-16(19)22/h1-2,5-6,11H,3-4,7-10H2,(H,17,20)(H,18,22)/t11-/m1/s1. The van der Waals surface area contributed by atoms with Gasteiger partial charge in [0.15, 0.2) is 4.77 Å². The molecule has 5 nitrogen and oxygen atoms in total. The summed E-state index contributed by atoms with van der Waals surface area (Å²) in [5, 5.41) is 4.07. The number of carbonyl (C=O) groups excluding carboxylic acids is 1. The van der Waals surface area contributed by atoms with Crippen LogP contribution in [0.1, 0.15) is 19.3 Å². The van der Waals surface area contributed by atoms with Gasteiger partial charge in [-0.2, -0.15) is 11.8 Å². The molecule has 0 bridgehead atoms. The third kappa shape index (κ3) is 3.84. The number of fused-ring (bicyclic) bond motifs is 1. The van der Waals surface area contributed by atoms with Crippen LogP contribution < -0.4 is 10.9 Å². The van der Waals surface area contributed by atoms with Crippen LogP contribution in [-0.4, -0.2) is 33.0 Å². The topological polar surface area (TPSA) is 66.9 Å². The van der Waals surface area contributed by atoms with Gasteiger partial charge in [0.2, 0.25) is 5.91 Å². The van der Waals surface area contributed by atoms with Gasteiger partial charge in [-0.25, -0.2) is 0 Å². The van der Waals surface area contributed by atoms with Gasteiger partial charge in [-0.1, -0.05) is 12.1 Å². The summed E-state index contributed by atoms with van der Waals surface area (Å²) in [7, 11) is 0. The van der Waals surface area contributed by atoms with Gasteiger partial charge < -0.3 is 10.3 Å². The highest BCUT2D eigenvalue weighted by atomic mass is 32.2. The Morgan fingerprint density at radius 2 is 2.26 bits per heavy atom. The number of rotatable bonds is 5. The molecule has 0 spiro atoms. The van der Waals surface area contributed by atoms with Crippen LogP contribution in [0.15, 0.2) is 29.1 Å². The predicted molar refractivity (Wildman–Crippen MR) is 96.5 cm³/mol. The first-order chi connectivity index (χ1) is 11.1. The molecular formula is C16H19N3O2S2. The largest absolute Gasteiger partial charge is 0.355 e. The van der Waals surface area contributed by atoms with E-state index in [-0.39, 0.29) is 17.9 Å². The van der Waals surface area contributed by atoms with E-state index in [1.165, 1.54) is 23.2 Å². The van der Waals surface area contributed by atoms with E-state index >= 15 is 0 Å². The summed E-state index contributed by atoms with van der Waals surface area (Å²) in [6.07, 6.45) is 2.65. The van der Waals surface area contributed by atoms with Gasteiger partial charge in [0.05, 0.1) is 10.9 Å². The molecule has 23 heavy (non-hydrogen) atoms. The Balaban J connectivity index is 1.65. The van der Waals surface area contributed by atoms with E-state index in [2.05, 4.69) is 10.3 Å². The van der Waals surface area contributed by atoms with Crippen LogP contribution >= 0.6 is 24.0 Å². The number of hydrogen-bond acceptors (Lipinski definition) is 4. The van der Waals surface area contributed by atoms with Gasteiger partial charge in [0, 0.05) is 24.8 Å². The Morgan fingerprint density at radius 3 is 3.04 bits per heavy atom. The maximum absolute atomic E-state index is 12.5. The van der Waals surface area contributed by atoms with E-state index in [0.717, 1.165) is 5.52 Å². The molecule has 7 heteroatoms. The van der Waals surface area contributed by atoms with Gasteiger partial charge >= 0.3 is 0 Å². The Hall–Kier alpha value is -1.60. The zero-order chi connectivity index (χ0) is 16.2. The van der Waals surface area contributed by atoms with Gasteiger partial charge in [-0.05, 0) is 42.9 Å². The summed E-state index contributed by atoms with van der Waals surface area (Å²) < 4.78 is 1.81. The molecule has 2 heterocycles. The van der Waals surface area contributed by atoms with Gasteiger partial charge in [-0.3, -0.25) is 14.2 Å². The van der Waals surface area contributed by atoms with Gasteiger partial charge in [-0.15, -0.1) is 0 Å². The number of thioether (sulfide) groups is 1. The molecular weight excluding hydrogens is 330 g/mol. The molecule has 1 saturated heterocycles. The predicted octanol–water partition coefficient (Wildman–Crippen LogP) is 2.46. The van der Waals surface area contributed by atoms with Gasteiger partial charge in [0.1, 0.15) is 0 Å². The minimum absolute atomic E-state index is 0.0352. The number of amides is 1. The molecule has 0 unspecified atom stereocenters. The fourth-order valence-corrected chi connectivity index (χ4v) is 4.22. The van der Waals surface area contributed by atoms with Crippen molar-refractivity contribution in [1.82, 2.24) is 14.9 Å². The van der Waals surface area contributed by atoms with Crippen molar-refractivity contribution in [3.05, 3.63) is 39.4 Å². The van der Waals surface area contributed by atoms with E-state index in [9.17, 15) is 9.59 Å². The number of H-pyrrole nitrogens is 1. The van der Waals surface area contributed by atoms with Crippen molar-refractivity contribution in [1.29, 1.82) is 0 Å². The number of benzene rings is 1. The summed E-state index contributed by atoms with van der Waals surface area (Å²) in [6.45, 7) is 1.01. The van der Waals surface area contributed by atoms with Crippen LogP contribution in [0.2, 0.25) is 0 Å². The van der Waals surface area contributed by atoms with Crippen LogP contribution in [0.3, 0.4) is 0 Å². The SMILES string of the molecule is O=C(CCn1c(=S)[nH]c2ccccc2c1=O)NC[C@H]1CCCS1. The monoisotopic (exact) mass is 349 g/mol. The number of hydrogen-bond donors (Lipinski definition) is 2. The summed E-state index contributed by atoms with van der Waals surface area (Å²) in [5.74, 6) is 1.15. The number of para-hydroxylation sites is 1. The Morgan fingerprint density at radius 1 is 1.43 bits per heavy atom.